The first-order chi connectivity index (χ1) is 13.5. The van der Waals surface area contributed by atoms with Crippen LogP contribution in [0.15, 0.2) is 53.7 Å². The number of anilines is 1. The summed E-state index contributed by atoms with van der Waals surface area (Å²) < 4.78 is 1.94. The lowest BCUT2D eigenvalue weighted by molar-refractivity contribution is -0.383. The molecule has 1 aromatic heterocycles. The van der Waals surface area contributed by atoms with Gasteiger partial charge in [-0.25, -0.2) is 0 Å². The van der Waals surface area contributed by atoms with Gasteiger partial charge in [-0.05, 0) is 19.9 Å². The van der Waals surface area contributed by atoms with Crippen molar-refractivity contribution in [1.29, 1.82) is 0 Å². The average Bonchev–Trinajstić information content (AvgIpc) is 3.10. The first-order valence-corrected chi connectivity index (χ1v) is 9.64. The molecule has 9 heteroatoms. The van der Waals surface area contributed by atoms with Crippen LogP contribution in [-0.2, 0) is 11.3 Å². The molecule has 0 radical (unpaired) electrons. The van der Waals surface area contributed by atoms with Crippen LogP contribution in [0.2, 0.25) is 0 Å². The zero-order valence-corrected chi connectivity index (χ0v) is 16.3. The Morgan fingerprint density at radius 2 is 1.89 bits per heavy atom. The first-order valence-electron chi connectivity index (χ1n) is 8.66. The second-order valence-corrected chi connectivity index (χ2v) is 6.97. The van der Waals surface area contributed by atoms with Crippen molar-refractivity contribution in [2.45, 2.75) is 25.5 Å². The van der Waals surface area contributed by atoms with Gasteiger partial charge in [0, 0.05) is 18.2 Å². The van der Waals surface area contributed by atoms with Gasteiger partial charge in [0.1, 0.15) is 5.69 Å². The molecule has 0 aliphatic carbocycles. The number of benzene rings is 2. The van der Waals surface area contributed by atoms with E-state index in [1.165, 1.54) is 23.9 Å². The van der Waals surface area contributed by atoms with E-state index >= 15 is 0 Å². The molecule has 0 bridgehead atoms. The molecule has 0 saturated heterocycles. The van der Waals surface area contributed by atoms with Crippen LogP contribution in [0.3, 0.4) is 0 Å². The van der Waals surface area contributed by atoms with Gasteiger partial charge in [0.2, 0.25) is 5.91 Å². The summed E-state index contributed by atoms with van der Waals surface area (Å²) in [5, 5.41) is 22.7. The summed E-state index contributed by atoms with van der Waals surface area (Å²) in [5.41, 5.74) is 2.15. The molecule has 0 fully saturated rings. The summed E-state index contributed by atoms with van der Waals surface area (Å²) >= 11 is 1.24. The topological polar surface area (TPSA) is 103 Å². The molecule has 3 rings (SSSR count). The number of carbonyl (C=O) groups is 1. The molecule has 2 aromatic carbocycles. The lowest BCUT2D eigenvalue weighted by atomic mass is 10.1. The van der Waals surface area contributed by atoms with Crippen molar-refractivity contribution in [2.24, 2.45) is 0 Å². The zero-order chi connectivity index (χ0) is 20.1. The maximum atomic E-state index is 12.3. The molecule has 1 amide bonds. The minimum atomic E-state index is -0.523. The number of amides is 1. The predicted molar refractivity (Wildman–Crippen MR) is 108 cm³/mol. The highest BCUT2D eigenvalue weighted by molar-refractivity contribution is 7.99. The van der Waals surface area contributed by atoms with E-state index in [-0.39, 0.29) is 23.0 Å². The molecule has 0 unspecified atom stereocenters. The van der Waals surface area contributed by atoms with Gasteiger partial charge in [0.15, 0.2) is 11.0 Å². The Labute approximate surface area is 166 Å². The zero-order valence-electron chi connectivity index (χ0n) is 15.5. The van der Waals surface area contributed by atoms with Gasteiger partial charge in [-0.3, -0.25) is 14.9 Å². The smallest absolute Gasteiger partial charge is 0.292 e. The molecule has 144 valence electrons. The van der Waals surface area contributed by atoms with E-state index in [9.17, 15) is 14.9 Å². The predicted octanol–water partition coefficient (Wildman–Crippen LogP) is 3.91. The standard InChI is InChI=1S/C19H19N5O3S/c1-3-23-18(14-10-8-13(2)9-11-14)21-22-19(23)28-12-17(25)20-15-6-4-5-7-16(15)24(26)27/h4-11H,3,12H2,1-2H3,(H,20,25). The fraction of sp³-hybridized carbons (Fsp3) is 0.211. The van der Waals surface area contributed by atoms with E-state index in [4.69, 9.17) is 0 Å². The Hall–Kier alpha value is -3.20. The average molecular weight is 397 g/mol. The third kappa shape index (κ3) is 4.37. The summed E-state index contributed by atoms with van der Waals surface area (Å²) in [7, 11) is 0. The Kier molecular flexibility index (Phi) is 6.05. The van der Waals surface area contributed by atoms with Crippen LogP contribution >= 0.6 is 11.8 Å². The highest BCUT2D eigenvalue weighted by Crippen LogP contribution is 2.26. The summed E-state index contributed by atoms with van der Waals surface area (Å²) in [6.07, 6.45) is 0. The molecule has 0 spiro atoms. The number of aryl methyl sites for hydroxylation is 1. The SMILES string of the molecule is CCn1c(SCC(=O)Nc2ccccc2[N+](=O)[O-])nnc1-c1ccc(C)cc1. The van der Waals surface area contributed by atoms with E-state index in [1.54, 1.807) is 12.1 Å². The van der Waals surface area contributed by atoms with Crippen molar-refractivity contribution in [2.75, 3.05) is 11.1 Å². The van der Waals surface area contributed by atoms with Crippen molar-refractivity contribution >= 4 is 29.0 Å². The normalized spacial score (nSPS) is 10.6. The molecular weight excluding hydrogens is 378 g/mol. The summed E-state index contributed by atoms with van der Waals surface area (Å²) in [4.78, 5) is 22.8. The number of nitro groups is 1. The van der Waals surface area contributed by atoms with Crippen LogP contribution in [0.25, 0.3) is 11.4 Å². The second-order valence-electron chi connectivity index (χ2n) is 6.03. The number of nitro benzene ring substituents is 1. The number of aromatic nitrogens is 3. The molecular formula is C19H19N5O3S. The molecule has 3 aromatic rings. The van der Waals surface area contributed by atoms with E-state index in [0.29, 0.717) is 11.7 Å². The maximum absolute atomic E-state index is 12.3. The van der Waals surface area contributed by atoms with Crippen molar-refractivity contribution in [3.05, 3.63) is 64.2 Å². The largest absolute Gasteiger partial charge is 0.320 e. The molecule has 1 heterocycles. The van der Waals surface area contributed by atoms with Crippen LogP contribution in [0.5, 0.6) is 0 Å². The summed E-state index contributed by atoms with van der Waals surface area (Å²) in [6, 6.07) is 14.0. The molecule has 0 saturated carbocycles. The molecule has 28 heavy (non-hydrogen) atoms. The molecule has 0 atom stereocenters. The highest BCUT2D eigenvalue weighted by atomic mass is 32.2. The Morgan fingerprint density at radius 3 is 2.57 bits per heavy atom. The van der Waals surface area contributed by atoms with Crippen LogP contribution in [0, 0.1) is 17.0 Å². The Balaban J connectivity index is 1.70. The maximum Gasteiger partial charge on any atom is 0.292 e. The molecule has 1 N–H and O–H groups in total. The fourth-order valence-electron chi connectivity index (χ4n) is 2.65. The number of thioether (sulfide) groups is 1. The Morgan fingerprint density at radius 1 is 1.18 bits per heavy atom. The minimum Gasteiger partial charge on any atom is -0.320 e. The number of nitrogens with zero attached hydrogens (tertiary/aromatic N) is 4. The lowest BCUT2D eigenvalue weighted by Crippen LogP contribution is -2.15. The van der Waals surface area contributed by atoms with Gasteiger partial charge in [-0.2, -0.15) is 0 Å². The quantitative estimate of drug-likeness (QED) is 0.368. The lowest BCUT2D eigenvalue weighted by Gasteiger charge is -2.08. The van der Waals surface area contributed by atoms with Crippen molar-refractivity contribution in [3.8, 4) is 11.4 Å². The van der Waals surface area contributed by atoms with Crippen molar-refractivity contribution in [1.82, 2.24) is 14.8 Å². The second kappa shape index (κ2) is 8.66. The van der Waals surface area contributed by atoms with Crippen molar-refractivity contribution < 1.29 is 9.72 Å². The van der Waals surface area contributed by atoms with E-state index < -0.39 is 4.92 Å². The van der Waals surface area contributed by atoms with E-state index in [0.717, 1.165) is 17.0 Å². The number of rotatable bonds is 7. The van der Waals surface area contributed by atoms with Crippen LogP contribution in [0.4, 0.5) is 11.4 Å². The molecule has 8 nitrogen and oxygen atoms in total. The van der Waals surface area contributed by atoms with Crippen LogP contribution < -0.4 is 5.32 Å². The Bertz CT molecular complexity index is 1000. The van der Waals surface area contributed by atoms with Gasteiger partial charge >= 0.3 is 0 Å². The minimum absolute atomic E-state index is 0.0675. The van der Waals surface area contributed by atoms with E-state index in [2.05, 4.69) is 15.5 Å². The van der Waals surface area contributed by atoms with Gasteiger partial charge in [0.25, 0.3) is 5.69 Å². The van der Waals surface area contributed by atoms with Crippen LogP contribution in [0.1, 0.15) is 12.5 Å². The monoisotopic (exact) mass is 397 g/mol. The van der Waals surface area contributed by atoms with Crippen molar-refractivity contribution in [3.63, 3.8) is 0 Å². The summed E-state index contributed by atoms with van der Waals surface area (Å²) in [6.45, 7) is 4.66. The molecule has 0 aliphatic heterocycles. The number of hydrogen-bond donors (Lipinski definition) is 1. The number of hydrogen-bond acceptors (Lipinski definition) is 6. The fourth-order valence-corrected chi connectivity index (χ4v) is 3.45. The number of para-hydroxylation sites is 2. The first kappa shape index (κ1) is 19.6. The highest BCUT2D eigenvalue weighted by Gasteiger charge is 2.17. The number of nitrogens with one attached hydrogen (secondary N) is 1. The molecule has 0 aliphatic rings. The third-order valence-electron chi connectivity index (χ3n) is 4.05. The van der Waals surface area contributed by atoms with Gasteiger partial charge in [-0.15, -0.1) is 10.2 Å². The van der Waals surface area contributed by atoms with Crippen LogP contribution in [-0.4, -0.2) is 31.3 Å². The van der Waals surface area contributed by atoms with E-state index in [1.807, 2.05) is 42.7 Å². The number of carbonyl (C=O) groups excluding carboxylic acids is 1. The van der Waals surface area contributed by atoms with Gasteiger partial charge in [0.05, 0.1) is 10.7 Å². The van der Waals surface area contributed by atoms with Gasteiger partial charge in [-0.1, -0.05) is 53.7 Å². The summed E-state index contributed by atoms with van der Waals surface area (Å²) in [5.74, 6) is 0.462. The van der Waals surface area contributed by atoms with Gasteiger partial charge < -0.3 is 9.88 Å². The third-order valence-corrected chi connectivity index (χ3v) is 5.02.